The van der Waals surface area contributed by atoms with Crippen molar-refractivity contribution in [3.8, 4) is 0 Å². The van der Waals surface area contributed by atoms with Gasteiger partial charge in [-0.1, -0.05) is 15.9 Å². The minimum absolute atomic E-state index is 0.175. The van der Waals surface area contributed by atoms with Crippen molar-refractivity contribution in [1.82, 2.24) is 9.66 Å². The van der Waals surface area contributed by atoms with Crippen molar-refractivity contribution >= 4 is 60.3 Å². The van der Waals surface area contributed by atoms with Crippen LogP contribution in [0.25, 0.3) is 10.9 Å². The fraction of sp³-hybridized carbons (Fsp3) is 0.0714. The molecule has 4 nitrogen and oxygen atoms in total. The second-order valence-corrected chi connectivity index (χ2v) is 7.73. The second-order valence-electron chi connectivity index (χ2n) is 4.32. The van der Waals surface area contributed by atoms with E-state index in [1.807, 2.05) is 24.3 Å². The molecule has 21 heavy (non-hydrogen) atoms. The molecular formula is C14H9Br2N3OS. The summed E-state index contributed by atoms with van der Waals surface area (Å²) in [6.07, 6.45) is 1.66. The van der Waals surface area contributed by atoms with Gasteiger partial charge in [0.25, 0.3) is 5.56 Å². The minimum atomic E-state index is -0.175. The number of hydrogen-bond acceptors (Lipinski definition) is 4. The zero-order chi connectivity index (χ0) is 15.0. The first kappa shape index (κ1) is 14.6. The molecule has 2 aromatic heterocycles. The fourth-order valence-electron chi connectivity index (χ4n) is 1.91. The molecule has 0 atom stereocenters. The molecule has 0 bridgehead atoms. The van der Waals surface area contributed by atoms with Crippen LogP contribution >= 0.6 is 43.2 Å². The molecule has 0 spiro atoms. The highest BCUT2D eigenvalue weighted by molar-refractivity contribution is 9.11. The smallest absolute Gasteiger partial charge is 0.267 e. The lowest BCUT2D eigenvalue weighted by Gasteiger charge is -2.05. The van der Waals surface area contributed by atoms with Crippen LogP contribution in [-0.4, -0.2) is 15.9 Å². The average molecular weight is 427 g/mol. The molecule has 7 heteroatoms. The lowest BCUT2D eigenvalue weighted by atomic mass is 10.2. The van der Waals surface area contributed by atoms with Crippen LogP contribution in [0.1, 0.15) is 10.7 Å². The molecule has 0 unspecified atom stereocenters. The normalized spacial score (nSPS) is 11.6. The first-order valence-electron chi connectivity index (χ1n) is 6.03. The van der Waals surface area contributed by atoms with Gasteiger partial charge in [-0.3, -0.25) is 4.79 Å². The molecule has 106 valence electrons. The van der Waals surface area contributed by atoms with Gasteiger partial charge in [-0.2, -0.15) is 9.78 Å². The molecule has 0 aliphatic heterocycles. The highest BCUT2D eigenvalue weighted by atomic mass is 79.9. The number of aryl methyl sites for hydroxylation is 1. The maximum atomic E-state index is 12.5. The number of fused-ring (bicyclic) bond motifs is 1. The van der Waals surface area contributed by atoms with Crippen molar-refractivity contribution in [1.29, 1.82) is 0 Å². The molecule has 0 aliphatic carbocycles. The minimum Gasteiger partial charge on any atom is -0.267 e. The summed E-state index contributed by atoms with van der Waals surface area (Å²) in [6.45, 7) is 1.77. The lowest BCUT2D eigenvalue weighted by Crippen LogP contribution is -2.20. The summed E-state index contributed by atoms with van der Waals surface area (Å²) in [5.41, 5.74) is 0.497. The summed E-state index contributed by atoms with van der Waals surface area (Å²) in [5.74, 6) is 0.557. The van der Waals surface area contributed by atoms with E-state index in [1.54, 1.807) is 30.5 Å². The predicted molar refractivity (Wildman–Crippen MR) is 93.5 cm³/mol. The van der Waals surface area contributed by atoms with E-state index in [4.69, 9.17) is 0 Å². The van der Waals surface area contributed by atoms with Gasteiger partial charge in [0.05, 0.1) is 20.9 Å². The van der Waals surface area contributed by atoms with Gasteiger partial charge in [0, 0.05) is 9.35 Å². The summed E-state index contributed by atoms with van der Waals surface area (Å²) in [4.78, 5) is 17.9. The van der Waals surface area contributed by atoms with Crippen molar-refractivity contribution in [2.75, 3.05) is 0 Å². The SMILES string of the molecule is Cc1nc2ccc(Br)cc2c(=O)n1N=Cc1ccc(Br)s1. The number of aromatic nitrogens is 2. The Balaban J connectivity index is 2.14. The summed E-state index contributed by atoms with van der Waals surface area (Å²) in [6, 6.07) is 9.32. The van der Waals surface area contributed by atoms with E-state index in [2.05, 4.69) is 41.9 Å². The third-order valence-corrected chi connectivity index (χ3v) is 4.92. The Labute approximate surface area is 141 Å². The third kappa shape index (κ3) is 3.00. The van der Waals surface area contributed by atoms with Crippen LogP contribution in [0.4, 0.5) is 0 Å². The molecule has 0 fully saturated rings. The Morgan fingerprint density at radius 1 is 1.29 bits per heavy atom. The standard InChI is InChI=1S/C14H9Br2N3OS/c1-8-18-12-4-2-9(15)6-11(12)14(20)19(8)17-7-10-3-5-13(16)21-10/h2-7H,1H3. The number of nitrogens with zero attached hydrogens (tertiary/aromatic N) is 3. The van der Waals surface area contributed by atoms with Gasteiger partial charge in [0.1, 0.15) is 5.82 Å². The number of rotatable bonds is 2. The Morgan fingerprint density at radius 2 is 2.10 bits per heavy atom. The van der Waals surface area contributed by atoms with Crippen LogP contribution in [0.15, 0.2) is 48.5 Å². The van der Waals surface area contributed by atoms with E-state index >= 15 is 0 Å². The molecule has 0 N–H and O–H groups in total. The van der Waals surface area contributed by atoms with E-state index in [-0.39, 0.29) is 5.56 Å². The summed E-state index contributed by atoms with van der Waals surface area (Å²) < 4.78 is 3.19. The van der Waals surface area contributed by atoms with Crippen molar-refractivity contribution in [3.05, 3.63) is 59.6 Å². The molecule has 2 heterocycles. The third-order valence-electron chi connectivity index (χ3n) is 2.86. The Kier molecular flexibility index (Phi) is 4.05. The van der Waals surface area contributed by atoms with Gasteiger partial charge < -0.3 is 0 Å². The van der Waals surface area contributed by atoms with E-state index in [0.717, 1.165) is 13.1 Å². The number of halogens is 2. The van der Waals surface area contributed by atoms with Crippen molar-refractivity contribution < 1.29 is 0 Å². The van der Waals surface area contributed by atoms with Crippen LogP contribution in [0, 0.1) is 6.92 Å². The lowest BCUT2D eigenvalue weighted by molar-refractivity contribution is 0.771. The van der Waals surface area contributed by atoms with E-state index in [1.165, 1.54) is 4.68 Å². The molecule has 0 saturated carbocycles. The fourth-order valence-corrected chi connectivity index (χ4v) is 3.56. The van der Waals surface area contributed by atoms with Crippen molar-refractivity contribution in [3.63, 3.8) is 0 Å². The maximum Gasteiger partial charge on any atom is 0.282 e. The number of hydrogen-bond donors (Lipinski definition) is 0. The van der Waals surface area contributed by atoms with Crippen LogP contribution < -0.4 is 5.56 Å². The summed E-state index contributed by atoms with van der Waals surface area (Å²) in [5, 5.41) is 4.80. The van der Waals surface area contributed by atoms with Gasteiger partial charge in [-0.25, -0.2) is 4.98 Å². The van der Waals surface area contributed by atoms with E-state index in [0.29, 0.717) is 16.7 Å². The largest absolute Gasteiger partial charge is 0.282 e. The van der Waals surface area contributed by atoms with E-state index in [9.17, 15) is 4.79 Å². The first-order chi connectivity index (χ1) is 10.0. The van der Waals surface area contributed by atoms with E-state index < -0.39 is 0 Å². The molecule has 0 saturated heterocycles. The number of thiophene rings is 1. The summed E-state index contributed by atoms with van der Waals surface area (Å²) >= 11 is 8.32. The molecule has 3 rings (SSSR count). The molecular weight excluding hydrogens is 418 g/mol. The molecule has 3 aromatic rings. The highest BCUT2D eigenvalue weighted by Gasteiger charge is 2.07. The van der Waals surface area contributed by atoms with Crippen molar-refractivity contribution in [2.45, 2.75) is 6.92 Å². The van der Waals surface area contributed by atoms with Crippen molar-refractivity contribution in [2.24, 2.45) is 5.10 Å². The Morgan fingerprint density at radius 3 is 2.81 bits per heavy atom. The summed E-state index contributed by atoms with van der Waals surface area (Å²) in [7, 11) is 0. The first-order valence-corrected chi connectivity index (χ1v) is 8.43. The average Bonchev–Trinajstić information content (AvgIpc) is 2.85. The molecule has 0 radical (unpaired) electrons. The van der Waals surface area contributed by atoms with Gasteiger partial charge in [-0.05, 0) is 53.2 Å². The number of benzene rings is 1. The highest BCUT2D eigenvalue weighted by Crippen LogP contribution is 2.20. The molecule has 0 aliphatic rings. The molecule has 1 aromatic carbocycles. The predicted octanol–water partition coefficient (Wildman–Crippen LogP) is 4.17. The topological polar surface area (TPSA) is 47.2 Å². The van der Waals surface area contributed by atoms with Crippen LogP contribution in [0.2, 0.25) is 0 Å². The van der Waals surface area contributed by atoms with Gasteiger partial charge in [0.2, 0.25) is 0 Å². The Bertz CT molecular complexity index is 914. The second kappa shape index (κ2) is 5.82. The quantitative estimate of drug-likeness (QED) is 0.577. The zero-order valence-electron chi connectivity index (χ0n) is 10.9. The zero-order valence-corrected chi connectivity index (χ0v) is 14.9. The van der Waals surface area contributed by atoms with Gasteiger partial charge >= 0.3 is 0 Å². The van der Waals surface area contributed by atoms with Gasteiger partial charge in [-0.15, -0.1) is 11.3 Å². The van der Waals surface area contributed by atoms with Crippen LogP contribution in [-0.2, 0) is 0 Å². The Hall–Kier alpha value is -1.31. The van der Waals surface area contributed by atoms with Gasteiger partial charge in [0.15, 0.2) is 0 Å². The monoisotopic (exact) mass is 425 g/mol. The van der Waals surface area contributed by atoms with Crippen LogP contribution in [0.5, 0.6) is 0 Å². The van der Waals surface area contributed by atoms with Crippen LogP contribution in [0.3, 0.4) is 0 Å². The molecule has 0 amide bonds. The maximum absolute atomic E-state index is 12.5.